The van der Waals surface area contributed by atoms with Crippen LogP contribution in [0, 0.1) is 23.7 Å². The average molecular weight is 465 g/mol. The van der Waals surface area contributed by atoms with Crippen LogP contribution >= 0.6 is 0 Å². The van der Waals surface area contributed by atoms with Gasteiger partial charge in [0.1, 0.15) is 17.5 Å². The molecule has 3 aromatic rings. The van der Waals surface area contributed by atoms with Crippen molar-refractivity contribution in [2.75, 3.05) is 31.1 Å². The van der Waals surface area contributed by atoms with Crippen LogP contribution in [-0.2, 0) is 4.79 Å². The minimum Gasteiger partial charge on any atom is -0.355 e. The number of nitrogens with zero attached hydrogens (tertiary/aromatic N) is 5. The Hall–Kier alpha value is -3.66. The highest BCUT2D eigenvalue weighted by molar-refractivity contribution is 6.00. The van der Waals surface area contributed by atoms with Crippen molar-refractivity contribution in [3.63, 3.8) is 0 Å². The molecule has 1 saturated carbocycles. The van der Waals surface area contributed by atoms with Gasteiger partial charge in [-0.05, 0) is 67.4 Å². The highest BCUT2D eigenvalue weighted by atomic mass is 16.2. The Balaban J connectivity index is 1.38. The van der Waals surface area contributed by atoms with Gasteiger partial charge >= 0.3 is 0 Å². The summed E-state index contributed by atoms with van der Waals surface area (Å²) in [6.07, 6.45) is 7.81. The number of hydrogen-bond acceptors (Lipinski definition) is 5. The number of amides is 1. The zero-order valence-corrected chi connectivity index (χ0v) is 20.0. The van der Waals surface area contributed by atoms with Gasteiger partial charge in [0.15, 0.2) is 0 Å². The number of rotatable bonds is 3. The lowest BCUT2D eigenvalue weighted by Gasteiger charge is -2.47. The van der Waals surface area contributed by atoms with Crippen LogP contribution in [0.3, 0.4) is 0 Å². The molecule has 2 atom stereocenters. The van der Waals surface area contributed by atoms with Crippen molar-refractivity contribution in [1.82, 2.24) is 20.1 Å². The summed E-state index contributed by atoms with van der Waals surface area (Å²) < 4.78 is 0. The number of benzene rings is 1. The molecule has 1 amide bonds. The second kappa shape index (κ2) is 7.17. The van der Waals surface area contributed by atoms with Crippen molar-refractivity contribution >= 4 is 22.6 Å². The van der Waals surface area contributed by atoms with Crippen LogP contribution in [0.2, 0.25) is 0 Å². The van der Waals surface area contributed by atoms with Crippen LogP contribution in [0.5, 0.6) is 0 Å². The van der Waals surface area contributed by atoms with E-state index in [0.717, 1.165) is 72.4 Å². The molecule has 2 aliphatic heterocycles. The van der Waals surface area contributed by atoms with Crippen molar-refractivity contribution < 1.29 is 4.79 Å². The van der Waals surface area contributed by atoms with E-state index in [-0.39, 0.29) is 11.3 Å². The van der Waals surface area contributed by atoms with Crippen molar-refractivity contribution in [2.45, 2.75) is 44.4 Å². The summed E-state index contributed by atoms with van der Waals surface area (Å²) in [5, 5.41) is 19.1. The molecule has 2 aromatic heterocycles. The fourth-order valence-electron chi connectivity index (χ4n) is 7.30. The van der Waals surface area contributed by atoms with Gasteiger partial charge in [-0.1, -0.05) is 12.6 Å². The minimum absolute atomic E-state index is 0.00411. The van der Waals surface area contributed by atoms with Crippen molar-refractivity contribution in [1.29, 1.82) is 5.26 Å². The number of carbonyl (C=O) groups excluding carboxylic acids is 1. The number of H-pyrrole nitrogens is 1. The Labute approximate surface area is 204 Å². The number of pyridine rings is 1. The summed E-state index contributed by atoms with van der Waals surface area (Å²) in [5.41, 5.74) is 7.67. The van der Waals surface area contributed by atoms with E-state index in [1.54, 1.807) is 0 Å². The molecule has 0 radical (unpaired) electrons. The molecule has 2 saturated heterocycles. The summed E-state index contributed by atoms with van der Waals surface area (Å²) >= 11 is 0. The number of anilines is 1. The van der Waals surface area contributed by atoms with Gasteiger partial charge in [0.2, 0.25) is 5.91 Å². The number of fused-ring (bicyclic) bond motifs is 6. The largest absolute Gasteiger partial charge is 0.355 e. The fraction of sp³-hybridized carbons (Fsp3) is 0.429. The molecule has 1 N–H and O–H groups in total. The average Bonchev–Trinajstić information content (AvgIpc) is 3.64. The third-order valence-electron chi connectivity index (χ3n) is 8.94. The number of likely N-dealkylation sites (tertiary alicyclic amines) is 1. The Morgan fingerprint density at radius 1 is 1.26 bits per heavy atom. The third kappa shape index (κ3) is 2.80. The molecule has 1 spiro atoms. The van der Waals surface area contributed by atoms with Crippen molar-refractivity contribution in [3.05, 3.63) is 53.4 Å². The van der Waals surface area contributed by atoms with Crippen molar-refractivity contribution in [3.8, 4) is 17.2 Å². The number of carbonyl (C=O) groups is 1. The maximum Gasteiger partial charge on any atom is 0.245 e. The predicted molar refractivity (Wildman–Crippen MR) is 134 cm³/mol. The standard InChI is InChI=1S/C28H28N6O/c1-3-22(35)34-14-28(15-34)8-9-33(13-28)27-19(11-29)25(24-17-5-6-18(10-17)26(24)31-27)23-16(2)4-7-21-20(23)12-30-32-21/h3-4,7,12,17-18H,1,5-6,8-10,13-15H2,2H3,(H,30,32)/t17-,18+/m0/s1. The monoisotopic (exact) mass is 464 g/mol. The minimum atomic E-state index is 0.00411. The van der Waals surface area contributed by atoms with E-state index in [2.05, 4.69) is 46.8 Å². The maximum atomic E-state index is 12.0. The van der Waals surface area contributed by atoms with Crippen LogP contribution in [0.15, 0.2) is 31.0 Å². The first-order valence-electron chi connectivity index (χ1n) is 12.6. The van der Waals surface area contributed by atoms with Crippen molar-refractivity contribution in [2.24, 2.45) is 5.41 Å². The van der Waals surface area contributed by atoms with Gasteiger partial charge in [0, 0.05) is 48.5 Å². The highest BCUT2D eigenvalue weighted by Gasteiger charge is 2.50. The molecule has 2 aliphatic carbocycles. The number of aromatic nitrogens is 3. The summed E-state index contributed by atoms with van der Waals surface area (Å²) in [5.74, 6) is 1.81. The summed E-state index contributed by atoms with van der Waals surface area (Å²) in [7, 11) is 0. The molecule has 3 fully saturated rings. The van der Waals surface area contributed by atoms with Crippen LogP contribution in [0.4, 0.5) is 5.82 Å². The van der Waals surface area contributed by atoms with Crippen LogP contribution < -0.4 is 4.90 Å². The van der Waals surface area contributed by atoms with Gasteiger partial charge < -0.3 is 9.80 Å². The number of nitriles is 1. The summed E-state index contributed by atoms with van der Waals surface area (Å²) in [4.78, 5) is 21.5. The zero-order valence-electron chi connectivity index (χ0n) is 20.0. The SMILES string of the molecule is C=CC(=O)N1CC2(CCN(c3nc4c(c(-c5c(C)ccc6[nH]ncc56)c3C#N)[C@H]3CC[C@@H]4C3)C2)C1. The number of aryl methyl sites for hydroxylation is 1. The Morgan fingerprint density at radius 2 is 2.09 bits per heavy atom. The van der Waals surface area contributed by atoms with E-state index < -0.39 is 0 Å². The van der Waals surface area contributed by atoms with Crippen LogP contribution in [-0.4, -0.2) is 52.2 Å². The number of aromatic amines is 1. The van der Waals surface area contributed by atoms with E-state index in [4.69, 9.17) is 4.98 Å². The Kier molecular flexibility index (Phi) is 4.24. The lowest BCUT2D eigenvalue weighted by Crippen LogP contribution is -2.59. The van der Waals surface area contributed by atoms with E-state index in [1.165, 1.54) is 30.2 Å². The van der Waals surface area contributed by atoms with Crippen LogP contribution in [0.1, 0.15) is 59.9 Å². The topological polar surface area (TPSA) is 88.9 Å². The molecule has 4 heterocycles. The maximum absolute atomic E-state index is 12.0. The lowest BCUT2D eigenvalue weighted by atomic mass is 9.79. The smallest absolute Gasteiger partial charge is 0.245 e. The Bertz CT molecular complexity index is 1460. The van der Waals surface area contributed by atoms with E-state index in [1.807, 2.05) is 11.1 Å². The first-order valence-corrected chi connectivity index (χ1v) is 12.6. The third-order valence-corrected chi connectivity index (χ3v) is 8.94. The molecule has 0 unspecified atom stereocenters. The normalized spacial score (nSPS) is 23.5. The lowest BCUT2D eigenvalue weighted by molar-refractivity contribution is -0.136. The molecule has 176 valence electrons. The Morgan fingerprint density at radius 3 is 2.89 bits per heavy atom. The summed E-state index contributed by atoms with van der Waals surface area (Å²) in [6.45, 7) is 8.96. The zero-order chi connectivity index (χ0) is 23.9. The van der Waals surface area contributed by atoms with Gasteiger partial charge in [-0.25, -0.2) is 4.98 Å². The van der Waals surface area contributed by atoms with Gasteiger partial charge in [0.05, 0.1) is 17.4 Å². The van der Waals surface area contributed by atoms with Gasteiger partial charge in [-0.3, -0.25) is 9.89 Å². The summed E-state index contributed by atoms with van der Waals surface area (Å²) in [6, 6.07) is 6.79. The molecule has 7 rings (SSSR count). The van der Waals surface area contributed by atoms with Crippen LogP contribution in [0.25, 0.3) is 22.0 Å². The molecule has 7 heteroatoms. The molecule has 1 aromatic carbocycles. The second-order valence-electron chi connectivity index (χ2n) is 11.0. The van der Waals surface area contributed by atoms with E-state index in [9.17, 15) is 10.1 Å². The molecule has 35 heavy (non-hydrogen) atoms. The molecule has 4 aliphatic rings. The van der Waals surface area contributed by atoms with Gasteiger partial charge in [-0.15, -0.1) is 0 Å². The van der Waals surface area contributed by atoms with Gasteiger partial charge in [0.25, 0.3) is 0 Å². The predicted octanol–water partition coefficient (Wildman–Crippen LogP) is 4.39. The molecule has 7 nitrogen and oxygen atoms in total. The quantitative estimate of drug-likeness (QED) is 0.581. The molecular weight excluding hydrogens is 436 g/mol. The fourth-order valence-corrected chi connectivity index (χ4v) is 7.30. The first-order chi connectivity index (χ1) is 17.0. The van der Waals surface area contributed by atoms with Gasteiger partial charge in [-0.2, -0.15) is 10.4 Å². The van der Waals surface area contributed by atoms with E-state index >= 15 is 0 Å². The van der Waals surface area contributed by atoms with E-state index in [0.29, 0.717) is 17.4 Å². The second-order valence-corrected chi connectivity index (χ2v) is 11.0. The first kappa shape index (κ1) is 20.7. The number of hydrogen-bond donors (Lipinski definition) is 1. The number of nitrogens with one attached hydrogen (secondary N) is 1. The molecular formula is C28H28N6O. The highest BCUT2D eigenvalue weighted by Crippen LogP contribution is 2.57. The molecule has 2 bridgehead atoms.